The Hall–Kier alpha value is -2.02. The van der Waals surface area contributed by atoms with Crippen molar-refractivity contribution in [2.75, 3.05) is 25.5 Å². The number of benzene rings is 1. The van der Waals surface area contributed by atoms with E-state index in [1.54, 1.807) is 4.90 Å². The van der Waals surface area contributed by atoms with Gasteiger partial charge in [0, 0.05) is 24.8 Å². The van der Waals surface area contributed by atoms with E-state index in [0.717, 1.165) is 0 Å². The summed E-state index contributed by atoms with van der Waals surface area (Å²) in [6, 6.07) is 3.54. The van der Waals surface area contributed by atoms with E-state index < -0.39 is 5.82 Å². The number of anilines is 1. The van der Waals surface area contributed by atoms with E-state index in [2.05, 4.69) is 15.4 Å². The highest BCUT2D eigenvalue weighted by molar-refractivity contribution is 6.31. The van der Waals surface area contributed by atoms with Crippen LogP contribution >= 0.6 is 11.6 Å². The molecule has 1 fully saturated rings. The molecule has 2 N–H and O–H groups in total. The molecule has 8 heteroatoms. The second-order valence-electron chi connectivity index (χ2n) is 4.96. The summed E-state index contributed by atoms with van der Waals surface area (Å²) < 4.78 is 17.7. The second-order valence-corrected chi connectivity index (χ2v) is 5.37. The third kappa shape index (κ3) is 4.24. The minimum absolute atomic E-state index is 0.0307. The van der Waals surface area contributed by atoms with Crippen LogP contribution in [0.5, 0.6) is 0 Å². The highest BCUT2D eigenvalue weighted by Crippen LogP contribution is 2.19. The van der Waals surface area contributed by atoms with Crippen molar-refractivity contribution in [2.24, 2.45) is 0 Å². The molecule has 2 rings (SSSR count). The number of likely N-dealkylation sites (tertiary alicyclic amines) is 1. The first-order valence-corrected chi connectivity index (χ1v) is 7.23. The minimum Gasteiger partial charge on any atom is -0.453 e. The molecular weight excluding hydrogens is 313 g/mol. The number of hydrogen-bond acceptors (Lipinski definition) is 3. The lowest BCUT2D eigenvalue weighted by Crippen LogP contribution is -2.47. The van der Waals surface area contributed by atoms with E-state index in [1.807, 2.05) is 0 Å². The molecule has 0 aromatic heterocycles. The smallest absolute Gasteiger partial charge is 0.409 e. The Morgan fingerprint density at radius 2 is 2.05 bits per heavy atom. The number of piperidine rings is 1. The predicted octanol–water partition coefficient (Wildman–Crippen LogP) is 2.83. The summed E-state index contributed by atoms with van der Waals surface area (Å²) in [5, 5.41) is 5.36. The summed E-state index contributed by atoms with van der Waals surface area (Å²) in [7, 11) is 1.34. The van der Waals surface area contributed by atoms with Crippen LogP contribution in [-0.2, 0) is 4.74 Å². The molecule has 1 aliphatic heterocycles. The highest BCUT2D eigenvalue weighted by atomic mass is 35.5. The SMILES string of the molecule is COC(=O)N1CCC(NC(=O)Nc2ccc(F)c(Cl)c2)CC1. The molecule has 3 amide bonds. The fourth-order valence-corrected chi connectivity index (χ4v) is 2.44. The van der Waals surface area contributed by atoms with Crippen molar-refractivity contribution in [3.63, 3.8) is 0 Å². The van der Waals surface area contributed by atoms with Gasteiger partial charge in [-0.25, -0.2) is 14.0 Å². The average Bonchev–Trinajstić information content (AvgIpc) is 2.51. The first-order chi connectivity index (χ1) is 10.5. The summed E-state index contributed by atoms with van der Waals surface area (Å²) in [6.45, 7) is 1.06. The van der Waals surface area contributed by atoms with Crippen molar-refractivity contribution in [3.05, 3.63) is 29.0 Å². The molecule has 120 valence electrons. The second kappa shape index (κ2) is 7.31. The first-order valence-electron chi connectivity index (χ1n) is 6.85. The molecule has 1 saturated heterocycles. The largest absolute Gasteiger partial charge is 0.453 e. The molecule has 1 aromatic carbocycles. The van der Waals surface area contributed by atoms with Crippen molar-refractivity contribution < 1.29 is 18.7 Å². The van der Waals surface area contributed by atoms with Crippen molar-refractivity contribution in [1.29, 1.82) is 0 Å². The molecule has 6 nitrogen and oxygen atoms in total. The number of hydrogen-bond donors (Lipinski definition) is 2. The first kappa shape index (κ1) is 16.4. The Morgan fingerprint density at radius 3 is 2.64 bits per heavy atom. The van der Waals surface area contributed by atoms with Gasteiger partial charge < -0.3 is 20.3 Å². The molecule has 0 spiro atoms. The van der Waals surface area contributed by atoms with Gasteiger partial charge in [-0.1, -0.05) is 11.6 Å². The normalized spacial score (nSPS) is 15.3. The number of halogens is 2. The fourth-order valence-electron chi connectivity index (χ4n) is 2.26. The summed E-state index contributed by atoms with van der Waals surface area (Å²) in [6.07, 6.45) is 0.934. The van der Waals surface area contributed by atoms with Crippen LogP contribution in [0.15, 0.2) is 18.2 Å². The summed E-state index contributed by atoms with van der Waals surface area (Å²) in [4.78, 5) is 24.8. The standard InChI is InChI=1S/C14H17ClFN3O3/c1-22-14(21)19-6-4-9(5-7-19)17-13(20)18-10-2-3-12(16)11(15)8-10/h2-3,8-9H,4-7H2,1H3,(H2,17,18,20). The maximum atomic E-state index is 13.0. The van der Waals surface area contributed by atoms with Crippen molar-refractivity contribution in [1.82, 2.24) is 10.2 Å². The zero-order valence-electron chi connectivity index (χ0n) is 12.1. The lowest BCUT2D eigenvalue weighted by atomic mass is 10.1. The van der Waals surface area contributed by atoms with Crippen molar-refractivity contribution in [3.8, 4) is 0 Å². The molecular formula is C14H17ClFN3O3. The predicted molar refractivity (Wildman–Crippen MR) is 80.6 cm³/mol. The van der Waals surface area contributed by atoms with Crippen LogP contribution < -0.4 is 10.6 Å². The third-order valence-corrected chi connectivity index (χ3v) is 3.73. The van der Waals surface area contributed by atoms with Crippen LogP contribution in [0.1, 0.15) is 12.8 Å². The van der Waals surface area contributed by atoms with E-state index in [1.165, 1.54) is 25.3 Å². The van der Waals surface area contributed by atoms with Gasteiger partial charge in [0.05, 0.1) is 12.1 Å². The van der Waals surface area contributed by atoms with E-state index in [0.29, 0.717) is 31.6 Å². The van der Waals surface area contributed by atoms with E-state index in [-0.39, 0.29) is 23.2 Å². The van der Waals surface area contributed by atoms with Crippen LogP contribution in [0.2, 0.25) is 5.02 Å². The van der Waals surface area contributed by atoms with Gasteiger partial charge in [-0.3, -0.25) is 0 Å². The van der Waals surface area contributed by atoms with Gasteiger partial charge in [-0.05, 0) is 31.0 Å². The maximum Gasteiger partial charge on any atom is 0.409 e. The number of ether oxygens (including phenoxy) is 1. The third-order valence-electron chi connectivity index (χ3n) is 3.44. The number of amides is 3. The number of nitrogens with one attached hydrogen (secondary N) is 2. The topological polar surface area (TPSA) is 70.7 Å². The number of nitrogens with zero attached hydrogens (tertiary/aromatic N) is 1. The molecule has 0 radical (unpaired) electrons. The van der Waals surface area contributed by atoms with Crippen molar-refractivity contribution >= 4 is 29.4 Å². The van der Waals surface area contributed by atoms with Crippen molar-refractivity contribution in [2.45, 2.75) is 18.9 Å². The van der Waals surface area contributed by atoms with Gasteiger partial charge in [-0.2, -0.15) is 0 Å². The van der Waals surface area contributed by atoms with Gasteiger partial charge >= 0.3 is 12.1 Å². The summed E-state index contributed by atoms with van der Waals surface area (Å²) in [5.41, 5.74) is 0.413. The summed E-state index contributed by atoms with van der Waals surface area (Å²) in [5.74, 6) is -0.539. The highest BCUT2D eigenvalue weighted by Gasteiger charge is 2.24. The Kier molecular flexibility index (Phi) is 5.43. The van der Waals surface area contributed by atoms with E-state index in [9.17, 15) is 14.0 Å². The lowest BCUT2D eigenvalue weighted by Gasteiger charge is -2.31. The Morgan fingerprint density at radius 1 is 1.36 bits per heavy atom. The number of rotatable bonds is 2. The van der Waals surface area contributed by atoms with Crippen LogP contribution in [0.3, 0.4) is 0 Å². The van der Waals surface area contributed by atoms with Crippen LogP contribution in [0, 0.1) is 5.82 Å². The molecule has 22 heavy (non-hydrogen) atoms. The van der Waals surface area contributed by atoms with Gasteiger partial charge in [0.2, 0.25) is 0 Å². The molecule has 0 bridgehead atoms. The molecule has 1 aromatic rings. The quantitative estimate of drug-likeness (QED) is 0.876. The van der Waals surface area contributed by atoms with Gasteiger partial charge in [0.1, 0.15) is 5.82 Å². The van der Waals surface area contributed by atoms with E-state index >= 15 is 0 Å². The molecule has 0 aliphatic carbocycles. The fraction of sp³-hybridized carbons (Fsp3) is 0.429. The molecule has 0 unspecified atom stereocenters. The molecule has 0 saturated carbocycles. The zero-order chi connectivity index (χ0) is 16.1. The monoisotopic (exact) mass is 329 g/mol. The van der Waals surface area contributed by atoms with Gasteiger partial charge in [0.25, 0.3) is 0 Å². The molecule has 1 heterocycles. The number of carbonyl (C=O) groups excluding carboxylic acids is 2. The Labute approximate surface area is 132 Å². The number of urea groups is 1. The number of carbonyl (C=O) groups is 2. The Bertz CT molecular complexity index is 562. The molecule has 1 aliphatic rings. The van der Waals surface area contributed by atoms with Crippen LogP contribution in [0.4, 0.5) is 19.7 Å². The lowest BCUT2D eigenvalue weighted by molar-refractivity contribution is 0.110. The van der Waals surface area contributed by atoms with Gasteiger partial charge in [-0.15, -0.1) is 0 Å². The summed E-state index contributed by atoms with van der Waals surface area (Å²) >= 11 is 5.65. The van der Waals surface area contributed by atoms with Gasteiger partial charge in [0.15, 0.2) is 0 Å². The number of methoxy groups -OCH3 is 1. The average molecular weight is 330 g/mol. The molecule has 0 atom stereocenters. The Balaban J connectivity index is 1.80. The van der Waals surface area contributed by atoms with Crippen LogP contribution in [0.25, 0.3) is 0 Å². The zero-order valence-corrected chi connectivity index (χ0v) is 12.8. The van der Waals surface area contributed by atoms with Crippen LogP contribution in [-0.4, -0.2) is 43.3 Å². The van der Waals surface area contributed by atoms with E-state index in [4.69, 9.17) is 11.6 Å². The minimum atomic E-state index is -0.539. The maximum absolute atomic E-state index is 13.0.